The largest absolute Gasteiger partial charge is 0.342 e. The molecule has 3 heterocycles. The van der Waals surface area contributed by atoms with E-state index in [9.17, 15) is 4.79 Å². The van der Waals surface area contributed by atoms with Crippen LogP contribution in [-0.2, 0) is 4.79 Å². The third-order valence-corrected chi connectivity index (χ3v) is 5.62. The lowest BCUT2D eigenvalue weighted by Gasteiger charge is -2.36. The second-order valence-electron chi connectivity index (χ2n) is 7.35. The fourth-order valence-electron chi connectivity index (χ4n) is 3.91. The predicted octanol–water partition coefficient (Wildman–Crippen LogP) is 3.04. The number of anilines is 1. The summed E-state index contributed by atoms with van der Waals surface area (Å²) >= 11 is 0. The Morgan fingerprint density at radius 3 is 2.50 bits per heavy atom. The Morgan fingerprint density at radius 1 is 1.08 bits per heavy atom. The summed E-state index contributed by atoms with van der Waals surface area (Å²) < 4.78 is 0. The van der Waals surface area contributed by atoms with E-state index in [1.165, 1.54) is 0 Å². The standard InChI is InChI=1S/C19H26N4O/c1-14-6-10-22(11-7-14)18(24)15-8-12-23(13-9-15)19-20-16-4-2-3-5-17(16)21-19/h2-5,14-15H,6-13H2,1H3,(H,20,21). The lowest BCUT2D eigenvalue weighted by molar-refractivity contribution is -0.137. The van der Waals surface area contributed by atoms with Crippen molar-refractivity contribution in [3.63, 3.8) is 0 Å². The summed E-state index contributed by atoms with van der Waals surface area (Å²) in [5.74, 6) is 2.28. The maximum Gasteiger partial charge on any atom is 0.225 e. The number of aromatic amines is 1. The first-order valence-corrected chi connectivity index (χ1v) is 9.19. The first kappa shape index (κ1) is 15.5. The van der Waals surface area contributed by atoms with Gasteiger partial charge in [0.25, 0.3) is 0 Å². The van der Waals surface area contributed by atoms with E-state index in [1.807, 2.05) is 18.2 Å². The average Bonchev–Trinajstić information content (AvgIpc) is 3.06. The number of amides is 1. The summed E-state index contributed by atoms with van der Waals surface area (Å²) in [6.45, 7) is 5.99. The lowest BCUT2D eigenvalue weighted by atomic mass is 9.93. The van der Waals surface area contributed by atoms with Crippen LogP contribution < -0.4 is 4.90 Å². The number of benzene rings is 1. The molecule has 0 atom stereocenters. The van der Waals surface area contributed by atoms with Crippen molar-refractivity contribution in [3.05, 3.63) is 24.3 Å². The molecule has 0 spiro atoms. The molecule has 24 heavy (non-hydrogen) atoms. The smallest absolute Gasteiger partial charge is 0.225 e. The molecule has 5 nitrogen and oxygen atoms in total. The van der Waals surface area contributed by atoms with Crippen LogP contribution in [0.4, 0.5) is 5.95 Å². The zero-order valence-electron chi connectivity index (χ0n) is 14.4. The third kappa shape index (κ3) is 2.99. The number of hydrogen-bond acceptors (Lipinski definition) is 3. The number of rotatable bonds is 2. The van der Waals surface area contributed by atoms with E-state index in [2.05, 4.69) is 32.8 Å². The molecular weight excluding hydrogens is 300 g/mol. The minimum Gasteiger partial charge on any atom is -0.342 e. The number of fused-ring (bicyclic) bond motifs is 1. The Kier molecular flexibility index (Phi) is 4.17. The summed E-state index contributed by atoms with van der Waals surface area (Å²) in [5.41, 5.74) is 2.08. The highest BCUT2D eigenvalue weighted by Gasteiger charge is 2.30. The van der Waals surface area contributed by atoms with Crippen molar-refractivity contribution in [2.45, 2.75) is 32.6 Å². The first-order chi connectivity index (χ1) is 11.7. The van der Waals surface area contributed by atoms with E-state index in [0.29, 0.717) is 5.91 Å². The van der Waals surface area contributed by atoms with Crippen molar-refractivity contribution in [2.24, 2.45) is 11.8 Å². The van der Waals surface area contributed by atoms with Crippen molar-refractivity contribution in [1.29, 1.82) is 0 Å². The highest BCUT2D eigenvalue weighted by atomic mass is 16.2. The van der Waals surface area contributed by atoms with Gasteiger partial charge in [0.15, 0.2) is 0 Å². The van der Waals surface area contributed by atoms with Gasteiger partial charge in [0.2, 0.25) is 11.9 Å². The first-order valence-electron chi connectivity index (χ1n) is 9.19. The molecule has 2 aliphatic heterocycles. The maximum absolute atomic E-state index is 12.7. The summed E-state index contributed by atoms with van der Waals surface area (Å²) in [5, 5.41) is 0. The number of likely N-dealkylation sites (tertiary alicyclic amines) is 1. The fraction of sp³-hybridized carbons (Fsp3) is 0.579. The van der Waals surface area contributed by atoms with Crippen LogP contribution in [-0.4, -0.2) is 47.0 Å². The van der Waals surface area contributed by atoms with Crippen LogP contribution in [0.1, 0.15) is 32.6 Å². The second-order valence-corrected chi connectivity index (χ2v) is 7.35. The predicted molar refractivity (Wildman–Crippen MR) is 96.0 cm³/mol. The van der Waals surface area contributed by atoms with Gasteiger partial charge >= 0.3 is 0 Å². The molecule has 4 rings (SSSR count). The molecule has 2 saturated heterocycles. The highest BCUT2D eigenvalue weighted by molar-refractivity contribution is 5.80. The van der Waals surface area contributed by atoms with Gasteiger partial charge in [-0.15, -0.1) is 0 Å². The number of carbonyl (C=O) groups excluding carboxylic acids is 1. The second kappa shape index (κ2) is 6.46. The van der Waals surface area contributed by atoms with Crippen molar-refractivity contribution >= 4 is 22.9 Å². The fourth-order valence-corrected chi connectivity index (χ4v) is 3.91. The molecule has 1 amide bonds. The van der Waals surface area contributed by atoms with Gasteiger partial charge in [0.05, 0.1) is 11.0 Å². The molecular formula is C19H26N4O. The quantitative estimate of drug-likeness (QED) is 0.923. The third-order valence-electron chi connectivity index (χ3n) is 5.62. The molecule has 0 aliphatic carbocycles. The number of carbonyl (C=O) groups is 1. The van der Waals surface area contributed by atoms with Gasteiger partial charge in [-0.1, -0.05) is 19.1 Å². The van der Waals surface area contributed by atoms with Crippen LogP contribution >= 0.6 is 0 Å². The van der Waals surface area contributed by atoms with Gasteiger partial charge in [-0.2, -0.15) is 0 Å². The zero-order chi connectivity index (χ0) is 16.5. The topological polar surface area (TPSA) is 52.2 Å². The number of aromatic nitrogens is 2. The Morgan fingerprint density at radius 2 is 1.79 bits per heavy atom. The normalized spacial score (nSPS) is 20.7. The van der Waals surface area contributed by atoms with Crippen molar-refractivity contribution in [3.8, 4) is 0 Å². The molecule has 2 fully saturated rings. The molecule has 2 aromatic rings. The Bertz CT molecular complexity index is 676. The van der Waals surface area contributed by atoms with Gasteiger partial charge in [0.1, 0.15) is 0 Å². The van der Waals surface area contributed by atoms with E-state index in [4.69, 9.17) is 0 Å². The average molecular weight is 326 g/mol. The molecule has 0 bridgehead atoms. The Labute approximate surface area is 143 Å². The van der Waals surface area contributed by atoms with Crippen LogP contribution in [0.25, 0.3) is 11.0 Å². The van der Waals surface area contributed by atoms with Crippen LogP contribution in [0.3, 0.4) is 0 Å². The van der Waals surface area contributed by atoms with Gasteiger partial charge in [-0.25, -0.2) is 4.98 Å². The summed E-state index contributed by atoms with van der Waals surface area (Å²) in [6.07, 6.45) is 4.18. The molecule has 2 aliphatic rings. The number of piperidine rings is 2. The molecule has 0 saturated carbocycles. The molecule has 5 heteroatoms. The van der Waals surface area contributed by atoms with Crippen LogP contribution in [0.2, 0.25) is 0 Å². The van der Waals surface area contributed by atoms with Gasteiger partial charge in [-0.3, -0.25) is 4.79 Å². The zero-order valence-corrected chi connectivity index (χ0v) is 14.4. The molecule has 0 unspecified atom stereocenters. The van der Waals surface area contributed by atoms with E-state index in [0.717, 1.165) is 74.8 Å². The summed E-state index contributed by atoms with van der Waals surface area (Å²) in [6, 6.07) is 8.12. The lowest BCUT2D eigenvalue weighted by Crippen LogP contribution is -2.45. The van der Waals surface area contributed by atoms with Crippen molar-refractivity contribution in [2.75, 3.05) is 31.1 Å². The highest BCUT2D eigenvalue weighted by Crippen LogP contribution is 2.26. The van der Waals surface area contributed by atoms with Crippen LogP contribution in [0, 0.1) is 11.8 Å². The molecule has 128 valence electrons. The maximum atomic E-state index is 12.7. The minimum atomic E-state index is 0.194. The number of nitrogens with zero attached hydrogens (tertiary/aromatic N) is 3. The van der Waals surface area contributed by atoms with Gasteiger partial charge < -0.3 is 14.8 Å². The minimum absolute atomic E-state index is 0.194. The Hall–Kier alpha value is -2.04. The van der Waals surface area contributed by atoms with Crippen LogP contribution in [0.5, 0.6) is 0 Å². The molecule has 1 N–H and O–H groups in total. The molecule has 1 aromatic heterocycles. The number of hydrogen-bond donors (Lipinski definition) is 1. The van der Waals surface area contributed by atoms with E-state index < -0.39 is 0 Å². The number of para-hydroxylation sites is 2. The monoisotopic (exact) mass is 326 g/mol. The number of H-pyrrole nitrogens is 1. The number of nitrogens with one attached hydrogen (secondary N) is 1. The summed E-state index contributed by atoms with van der Waals surface area (Å²) in [4.78, 5) is 25.2. The van der Waals surface area contributed by atoms with Gasteiger partial charge in [-0.05, 0) is 43.7 Å². The molecule has 1 aromatic carbocycles. The van der Waals surface area contributed by atoms with E-state index in [-0.39, 0.29) is 5.92 Å². The van der Waals surface area contributed by atoms with E-state index >= 15 is 0 Å². The van der Waals surface area contributed by atoms with E-state index in [1.54, 1.807) is 0 Å². The van der Waals surface area contributed by atoms with Crippen molar-refractivity contribution < 1.29 is 4.79 Å². The molecule has 0 radical (unpaired) electrons. The van der Waals surface area contributed by atoms with Crippen LogP contribution in [0.15, 0.2) is 24.3 Å². The Balaban J connectivity index is 1.37. The van der Waals surface area contributed by atoms with Crippen molar-refractivity contribution in [1.82, 2.24) is 14.9 Å². The number of imidazole rings is 1. The summed E-state index contributed by atoms with van der Waals surface area (Å²) in [7, 11) is 0. The SMILES string of the molecule is CC1CCN(C(=O)C2CCN(c3nc4ccccc4[nH]3)CC2)CC1. The van der Waals surface area contributed by atoms with Gasteiger partial charge in [0, 0.05) is 32.1 Å².